The third-order valence-electron chi connectivity index (χ3n) is 5.06. The van der Waals surface area contributed by atoms with Crippen LogP contribution in [0.3, 0.4) is 0 Å². The van der Waals surface area contributed by atoms with Gasteiger partial charge in [0.05, 0.1) is 39.8 Å². The van der Waals surface area contributed by atoms with Crippen LogP contribution in [0.4, 0.5) is 5.69 Å². The molecule has 2 atom stereocenters. The van der Waals surface area contributed by atoms with Crippen molar-refractivity contribution in [1.29, 1.82) is 5.26 Å². The maximum Gasteiger partial charge on any atom is 0.279 e. The highest BCUT2D eigenvalue weighted by Crippen LogP contribution is 2.30. The average Bonchev–Trinajstić information content (AvgIpc) is 3.12. The van der Waals surface area contributed by atoms with Gasteiger partial charge in [-0.3, -0.25) is 4.79 Å². The van der Waals surface area contributed by atoms with E-state index in [1.54, 1.807) is 29.5 Å². The molecular formula is C21H20ClN4OS+. The predicted molar refractivity (Wildman–Crippen MR) is 112 cm³/mol. The number of quaternary nitrogens is 1. The third kappa shape index (κ3) is 4.17. The smallest absolute Gasteiger partial charge is 0.279 e. The van der Waals surface area contributed by atoms with Crippen LogP contribution in [0, 0.1) is 11.3 Å². The molecule has 1 amide bonds. The first-order valence-corrected chi connectivity index (χ1v) is 10.5. The van der Waals surface area contributed by atoms with Crippen molar-refractivity contribution in [3.8, 4) is 6.07 Å². The lowest BCUT2D eigenvalue weighted by Gasteiger charge is -2.28. The minimum absolute atomic E-state index is 0.0410. The standard InChI is InChI=1S/C21H19ClN4OS/c22-17-10-16(8-7-14(17)11-23)24-20(27)13-26-9-3-4-15(12-26)21-25-18-5-1-2-6-19(18)28-21/h1-2,5-8,10,15H,3-4,9,12-13H2,(H,24,27)/p+1/t15-/m1/s1. The molecule has 3 aromatic rings. The van der Waals surface area contributed by atoms with Crippen molar-refractivity contribution in [3.63, 3.8) is 0 Å². The van der Waals surface area contributed by atoms with Gasteiger partial charge in [0.1, 0.15) is 11.1 Å². The van der Waals surface area contributed by atoms with Crippen LogP contribution in [0.25, 0.3) is 10.2 Å². The molecule has 2 heterocycles. The molecule has 0 spiro atoms. The summed E-state index contributed by atoms with van der Waals surface area (Å²) in [6.07, 6.45) is 2.21. The van der Waals surface area contributed by atoms with Gasteiger partial charge in [-0.1, -0.05) is 23.7 Å². The molecule has 1 fully saturated rings. The van der Waals surface area contributed by atoms with E-state index in [9.17, 15) is 4.79 Å². The van der Waals surface area contributed by atoms with Gasteiger partial charge in [-0.2, -0.15) is 5.26 Å². The van der Waals surface area contributed by atoms with Gasteiger partial charge in [0.25, 0.3) is 5.91 Å². The van der Waals surface area contributed by atoms with Gasteiger partial charge < -0.3 is 10.2 Å². The Morgan fingerprint density at radius 2 is 2.21 bits per heavy atom. The molecule has 1 unspecified atom stereocenters. The first kappa shape index (κ1) is 18.9. The topological polar surface area (TPSA) is 70.2 Å². The Labute approximate surface area is 172 Å². The summed E-state index contributed by atoms with van der Waals surface area (Å²) >= 11 is 7.81. The Hall–Kier alpha value is -2.46. The van der Waals surface area contributed by atoms with E-state index >= 15 is 0 Å². The fraction of sp³-hybridized carbons (Fsp3) is 0.286. The second-order valence-electron chi connectivity index (χ2n) is 7.09. The highest BCUT2D eigenvalue weighted by atomic mass is 35.5. The van der Waals surface area contributed by atoms with Crippen molar-refractivity contribution in [2.75, 3.05) is 25.0 Å². The Morgan fingerprint density at radius 1 is 1.36 bits per heavy atom. The quantitative estimate of drug-likeness (QED) is 0.692. The van der Waals surface area contributed by atoms with Gasteiger partial charge in [0, 0.05) is 5.69 Å². The van der Waals surface area contributed by atoms with E-state index in [2.05, 4.69) is 17.4 Å². The largest absolute Gasteiger partial charge is 0.327 e. The summed E-state index contributed by atoms with van der Waals surface area (Å²) in [6, 6.07) is 15.2. The van der Waals surface area contributed by atoms with Crippen molar-refractivity contribution in [1.82, 2.24) is 4.98 Å². The number of piperidine rings is 1. The second kappa shape index (κ2) is 8.27. The number of para-hydroxylation sites is 1. The van der Waals surface area contributed by atoms with Gasteiger partial charge >= 0.3 is 0 Å². The van der Waals surface area contributed by atoms with Crippen LogP contribution in [0.15, 0.2) is 42.5 Å². The molecule has 4 rings (SSSR count). The van der Waals surface area contributed by atoms with Crippen molar-refractivity contribution in [2.24, 2.45) is 0 Å². The average molecular weight is 412 g/mol. The SMILES string of the molecule is N#Cc1ccc(NC(=O)C[NH+]2CCC[C@@H](c3nc4ccccc4s3)C2)cc1Cl. The van der Waals surface area contributed by atoms with Gasteiger partial charge in [0.15, 0.2) is 6.54 Å². The predicted octanol–water partition coefficient (Wildman–Crippen LogP) is 3.22. The molecule has 7 heteroatoms. The Bertz CT molecular complexity index is 1020. The number of carbonyl (C=O) groups excluding carboxylic acids is 1. The van der Waals surface area contributed by atoms with E-state index in [4.69, 9.17) is 21.8 Å². The van der Waals surface area contributed by atoms with Crippen LogP contribution in [-0.2, 0) is 4.79 Å². The number of nitrogens with zero attached hydrogens (tertiary/aromatic N) is 2. The molecule has 0 aliphatic carbocycles. The van der Waals surface area contributed by atoms with Crippen molar-refractivity contribution in [2.45, 2.75) is 18.8 Å². The molecular weight excluding hydrogens is 392 g/mol. The number of nitriles is 1. The van der Waals surface area contributed by atoms with E-state index < -0.39 is 0 Å². The van der Waals surface area contributed by atoms with E-state index in [0.29, 0.717) is 28.7 Å². The van der Waals surface area contributed by atoms with E-state index in [0.717, 1.165) is 31.4 Å². The summed E-state index contributed by atoms with van der Waals surface area (Å²) in [4.78, 5) is 18.6. The number of amides is 1. The van der Waals surface area contributed by atoms with Crippen molar-refractivity contribution >= 4 is 44.7 Å². The molecule has 28 heavy (non-hydrogen) atoms. The summed E-state index contributed by atoms with van der Waals surface area (Å²) in [6.45, 7) is 2.32. The summed E-state index contributed by atoms with van der Waals surface area (Å²) in [5.41, 5.74) is 2.08. The highest BCUT2D eigenvalue weighted by molar-refractivity contribution is 7.18. The third-order valence-corrected chi connectivity index (χ3v) is 6.57. The number of anilines is 1. The van der Waals surface area contributed by atoms with Gasteiger partial charge in [-0.15, -0.1) is 11.3 Å². The number of likely N-dealkylation sites (tertiary alicyclic amines) is 1. The van der Waals surface area contributed by atoms with Crippen LogP contribution in [0.5, 0.6) is 0 Å². The summed E-state index contributed by atoms with van der Waals surface area (Å²) in [5, 5.41) is 13.4. The first-order valence-electron chi connectivity index (χ1n) is 9.31. The minimum Gasteiger partial charge on any atom is -0.327 e. The maximum absolute atomic E-state index is 12.5. The van der Waals surface area contributed by atoms with Crippen LogP contribution >= 0.6 is 22.9 Å². The zero-order chi connectivity index (χ0) is 19.5. The van der Waals surface area contributed by atoms with Gasteiger partial charge in [-0.25, -0.2) is 4.98 Å². The number of aromatic nitrogens is 1. The van der Waals surface area contributed by atoms with Gasteiger partial charge in [-0.05, 0) is 43.2 Å². The number of carbonyl (C=O) groups is 1. The number of hydrogen-bond acceptors (Lipinski definition) is 4. The molecule has 142 valence electrons. The van der Waals surface area contributed by atoms with Crippen LogP contribution in [0.1, 0.15) is 29.3 Å². The molecule has 0 saturated carbocycles. The maximum atomic E-state index is 12.5. The van der Waals surface area contributed by atoms with E-state index in [1.807, 2.05) is 18.2 Å². The number of nitrogens with one attached hydrogen (secondary N) is 2. The molecule has 1 aromatic heterocycles. The number of hydrogen-bond donors (Lipinski definition) is 2. The number of rotatable bonds is 4. The van der Waals surface area contributed by atoms with Crippen LogP contribution in [0.2, 0.25) is 5.02 Å². The lowest BCUT2D eigenvalue weighted by atomic mass is 9.99. The Morgan fingerprint density at radius 3 is 3.00 bits per heavy atom. The van der Waals surface area contributed by atoms with Crippen LogP contribution < -0.4 is 10.2 Å². The van der Waals surface area contributed by atoms with Crippen molar-refractivity contribution in [3.05, 3.63) is 58.1 Å². The molecule has 5 nitrogen and oxygen atoms in total. The lowest BCUT2D eigenvalue weighted by molar-refractivity contribution is -0.898. The molecule has 2 N–H and O–H groups in total. The van der Waals surface area contributed by atoms with E-state index in [-0.39, 0.29) is 5.91 Å². The monoisotopic (exact) mass is 411 g/mol. The van der Waals surface area contributed by atoms with Crippen molar-refractivity contribution < 1.29 is 9.69 Å². The van der Waals surface area contributed by atoms with Crippen LogP contribution in [-0.4, -0.2) is 30.5 Å². The van der Waals surface area contributed by atoms with Gasteiger partial charge in [0.2, 0.25) is 0 Å². The highest BCUT2D eigenvalue weighted by Gasteiger charge is 2.28. The summed E-state index contributed by atoms with van der Waals surface area (Å²) in [5.74, 6) is 0.360. The fourth-order valence-corrected chi connectivity index (χ4v) is 5.03. The Kier molecular flexibility index (Phi) is 5.58. The molecule has 1 aliphatic heterocycles. The molecule has 0 bridgehead atoms. The van der Waals surface area contributed by atoms with E-state index in [1.165, 1.54) is 14.6 Å². The fourth-order valence-electron chi connectivity index (χ4n) is 3.70. The first-order chi connectivity index (χ1) is 13.6. The summed E-state index contributed by atoms with van der Waals surface area (Å²) < 4.78 is 1.22. The zero-order valence-electron chi connectivity index (χ0n) is 15.2. The summed E-state index contributed by atoms with van der Waals surface area (Å²) in [7, 11) is 0. The number of thiazole rings is 1. The normalized spacial score (nSPS) is 19.3. The molecule has 2 aromatic carbocycles. The molecule has 0 radical (unpaired) electrons. The number of benzene rings is 2. The molecule has 1 aliphatic rings. The zero-order valence-corrected chi connectivity index (χ0v) is 16.8. The lowest BCUT2D eigenvalue weighted by Crippen LogP contribution is -3.14. The Balaban J connectivity index is 1.38. The number of fused-ring (bicyclic) bond motifs is 1. The number of halogens is 1. The molecule has 1 saturated heterocycles. The minimum atomic E-state index is -0.0410. The second-order valence-corrected chi connectivity index (χ2v) is 8.56.